The molecule has 20 heavy (non-hydrogen) atoms. The Labute approximate surface area is 123 Å². The minimum absolute atomic E-state index is 0.482. The molecule has 0 radical (unpaired) electrons. The number of nitrogens with zero attached hydrogens (tertiary/aromatic N) is 2. The molecule has 3 heteroatoms. The van der Waals surface area contributed by atoms with Gasteiger partial charge in [0.25, 0.3) is 0 Å². The van der Waals surface area contributed by atoms with E-state index in [4.69, 9.17) is 0 Å². The summed E-state index contributed by atoms with van der Waals surface area (Å²) in [5.74, 6) is 0.995. The Morgan fingerprint density at radius 3 is 2.70 bits per heavy atom. The smallest absolute Gasteiger partial charge is 0.126 e. The number of likely N-dealkylation sites (tertiary alicyclic amines) is 1. The summed E-state index contributed by atoms with van der Waals surface area (Å²) in [5.41, 5.74) is 1.37. The number of pyridine rings is 1. The largest absolute Gasteiger partial charge is 0.368 e. The lowest BCUT2D eigenvalue weighted by Gasteiger charge is -2.38. The van der Waals surface area contributed by atoms with Gasteiger partial charge in [0.15, 0.2) is 0 Å². The molecule has 0 saturated carbocycles. The Balaban J connectivity index is 2.08. The highest BCUT2D eigenvalue weighted by molar-refractivity contribution is 5.37. The summed E-state index contributed by atoms with van der Waals surface area (Å²) in [6.45, 7) is 10.2. The first kappa shape index (κ1) is 15.3. The zero-order chi connectivity index (χ0) is 14.5. The van der Waals surface area contributed by atoms with E-state index >= 15 is 0 Å². The molecule has 0 bridgehead atoms. The topological polar surface area (TPSA) is 28.2 Å². The second-order valence-corrected chi connectivity index (χ2v) is 6.27. The molecule has 3 nitrogen and oxygen atoms in total. The number of anilines is 1. The molecular formula is C17H29N3. The highest BCUT2D eigenvalue weighted by atomic mass is 15.2. The predicted molar refractivity (Wildman–Crippen MR) is 86.0 cm³/mol. The fourth-order valence-corrected chi connectivity index (χ4v) is 2.97. The van der Waals surface area contributed by atoms with Crippen molar-refractivity contribution in [2.75, 3.05) is 11.9 Å². The Bertz CT molecular complexity index is 399. The van der Waals surface area contributed by atoms with Gasteiger partial charge in [0, 0.05) is 24.3 Å². The van der Waals surface area contributed by atoms with E-state index in [0.29, 0.717) is 18.1 Å². The van der Waals surface area contributed by atoms with Crippen LogP contribution in [0.1, 0.15) is 65.0 Å². The van der Waals surface area contributed by atoms with Crippen LogP contribution in [0.5, 0.6) is 0 Å². The predicted octanol–water partition coefficient (Wildman–Crippen LogP) is 4.23. The normalized spacial score (nSPS) is 21.9. The highest BCUT2D eigenvalue weighted by Crippen LogP contribution is 2.32. The molecule has 0 spiro atoms. The maximum Gasteiger partial charge on any atom is 0.126 e. The summed E-state index contributed by atoms with van der Waals surface area (Å²) in [5, 5.41) is 3.43. The average Bonchev–Trinajstić information content (AvgIpc) is 2.48. The molecule has 0 aliphatic carbocycles. The maximum atomic E-state index is 4.60. The van der Waals surface area contributed by atoms with Crippen molar-refractivity contribution in [3.05, 3.63) is 23.9 Å². The van der Waals surface area contributed by atoms with E-state index in [9.17, 15) is 0 Å². The van der Waals surface area contributed by atoms with Crippen LogP contribution in [0.4, 0.5) is 5.82 Å². The summed E-state index contributed by atoms with van der Waals surface area (Å²) < 4.78 is 0. The second kappa shape index (κ2) is 7.07. The average molecular weight is 275 g/mol. The van der Waals surface area contributed by atoms with Gasteiger partial charge in [-0.1, -0.05) is 19.4 Å². The third-order valence-corrected chi connectivity index (χ3v) is 4.39. The van der Waals surface area contributed by atoms with Gasteiger partial charge < -0.3 is 5.32 Å². The van der Waals surface area contributed by atoms with Crippen molar-refractivity contribution in [1.29, 1.82) is 0 Å². The second-order valence-electron chi connectivity index (χ2n) is 6.27. The molecule has 1 aliphatic rings. The lowest BCUT2D eigenvalue weighted by molar-refractivity contribution is 0.112. The third-order valence-electron chi connectivity index (χ3n) is 4.39. The maximum absolute atomic E-state index is 4.60. The number of aromatic nitrogens is 1. The van der Waals surface area contributed by atoms with Crippen LogP contribution in [0.3, 0.4) is 0 Å². The summed E-state index contributed by atoms with van der Waals surface area (Å²) in [4.78, 5) is 7.21. The van der Waals surface area contributed by atoms with E-state index in [1.165, 1.54) is 31.4 Å². The number of rotatable bonds is 5. The fraction of sp³-hybridized carbons (Fsp3) is 0.706. The molecule has 0 amide bonds. The van der Waals surface area contributed by atoms with Gasteiger partial charge in [-0.05, 0) is 58.2 Å². The van der Waals surface area contributed by atoms with Crippen LogP contribution in [0.25, 0.3) is 0 Å². The van der Waals surface area contributed by atoms with Gasteiger partial charge in [-0.2, -0.15) is 0 Å². The fourth-order valence-electron chi connectivity index (χ4n) is 2.97. The molecule has 1 aromatic rings. The summed E-state index contributed by atoms with van der Waals surface area (Å²) >= 11 is 0. The molecule has 112 valence electrons. The minimum atomic E-state index is 0.482. The summed E-state index contributed by atoms with van der Waals surface area (Å²) in [6, 6.07) is 6.03. The van der Waals surface area contributed by atoms with Gasteiger partial charge in [-0.25, -0.2) is 4.98 Å². The van der Waals surface area contributed by atoms with Crippen LogP contribution in [0.2, 0.25) is 0 Å². The molecule has 2 rings (SSSR count). The Morgan fingerprint density at radius 1 is 1.30 bits per heavy atom. The van der Waals surface area contributed by atoms with Crippen molar-refractivity contribution in [1.82, 2.24) is 9.88 Å². The van der Waals surface area contributed by atoms with Gasteiger partial charge in [0.05, 0.1) is 0 Å². The monoisotopic (exact) mass is 275 g/mol. The Hall–Kier alpha value is -1.09. The lowest BCUT2D eigenvalue weighted by atomic mass is 9.95. The van der Waals surface area contributed by atoms with Crippen LogP contribution in [-0.2, 0) is 0 Å². The molecule has 2 atom stereocenters. The first-order valence-corrected chi connectivity index (χ1v) is 8.10. The van der Waals surface area contributed by atoms with Crippen LogP contribution < -0.4 is 5.32 Å². The van der Waals surface area contributed by atoms with Crippen LogP contribution in [0, 0.1) is 0 Å². The molecule has 0 aromatic carbocycles. The van der Waals surface area contributed by atoms with Gasteiger partial charge in [-0.3, -0.25) is 4.90 Å². The van der Waals surface area contributed by atoms with Crippen molar-refractivity contribution in [2.24, 2.45) is 0 Å². The van der Waals surface area contributed by atoms with Gasteiger partial charge >= 0.3 is 0 Å². The van der Waals surface area contributed by atoms with E-state index < -0.39 is 0 Å². The Kier molecular flexibility index (Phi) is 5.41. The van der Waals surface area contributed by atoms with E-state index in [-0.39, 0.29) is 0 Å². The van der Waals surface area contributed by atoms with Gasteiger partial charge in [-0.15, -0.1) is 0 Å². The molecule has 1 fully saturated rings. The molecule has 1 aromatic heterocycles. The number of nitrogens with one attached hydrogen (secondary N) is 1. The quantitative estimate of drug-likeness (QED) is 0.871. The molecule has 0 unspecified atom stereocenters. The standard InChI is InChI=1S/C17H29N3/c1-5-14(4)19-17-10-9-15(12-18-17)16-8-6-7-11-20(16)13(2)3/h9-10,12-14,16H,5-8,11H2,1-4H3,(H,18,19)/t14-,16-/m0/s1. The summed E-state index contributed by atoms with van der Waals surface area (Å²) in [7, 11) is 0. The van der Waals surface area contributed by atoms with E-state index in [0.717, 1.165) is 12.2 Å². The van der Waals surface area contributed by atoms with Crippen molar-refractivity contribution in [3.63, 3.8) is 0 Å². The number of hydrogen-bond acceptors (Lipinski definition) is 3. The molecular weight excluding hydrogens is 246 g/mol. The number of hydrogen-bond donors (Lipinski definition) is 1. The summed E-state index contributed by atoms with van der Waals surface area (Å²) in [6.07, 6.45) is 7.11. The zero-order valence-corrected chi connectivity index (χ0v) is 13.4. The Morgan fingerprint density at radius 2 is 2.10 bits per heavy atom. The van der Waals surface area contributed by atoms with Crippen molar-refractivity contribution >= 4 is 5.82 Å². The molecule has 2 heterocycles. The lowest BCUT2D eigenvalue weighted by Crippen LogP contribution is -2.38. The van der Waals surface area contributed by atoms with Gasteiger partial charge in [0.1, 0.15) is 5.82 Å². The first-order chi connectivity index (χ1) is 9.61. The molecule has 1 saturated heterocycles. The van der Waals surface area contributed by atoms with Crippen molar-refractivity contribution in [2.45, 2.75) is 71.5 Å². The zero-order valence-electron chi connectivity index (χ0n) is 13.4. The number of piperidine rings is 1. The van der Waals surface area contributed by atoms with E-state index in [1.54, 1.807) is 0 Å². The van der Waals surface area contributed by atoms with E-state index in [2.05, 4.69) is 61.2 Å². The molecule has 1 N–H and O–H groups in total. The van der Waals surface area contributed by atoms with Crippen molar-refractivity contribution < 1.29 is 0 Å². The minimum Gasteiger partial charge on any atom is -0.368 e. The third kappa shape index (κ3) is 3.72. The van der Waals surface area contributed by atoms with Crippen molar-refractivity contribution in [3.8, 4) is 0 Å². The first-order valence-electron chi connectivity index (χ1n) is 8.10. The van der Waals surface area contributed by atoms with Crippen LogP contribution in [-0.4, -0.2) is 28.5 Å². The van der Waals surface area contributed by atoms with Gasteiger partial charge in [0.2, 0.25) is 0 Å². The SMILES string of the molecule is CC[C@H](C)Nc1ccc([C@@H]2CCCCN2C(C)C)cn1. The van der Waals surface area contributed by atoms with Crippen LogP contribution in [0.15, 0.2) is 18.3 Å². The van der Waals surface area contributed by atoms with E-state index in [1.807, 2.05) is 0 Å². The van der Waals surface area contributed by atoms with Crippen LogP contribution >= 0.6 is 0 Å². The molecule has 1 aliphatic heterocycles. The highest BCUT2D eigenvalue weighted by Gasteiger charge is 2.25.